The standard InChI is InChI=1S/C12H22O4/c1-9(15-10(2)13)7-6-8-11(14)16-12(3,4)5/h9H,6-8H2,1-5H3. The molecule has 4 nitrogen and oxygen atoms in total. The lowest BCUT2D eigenvalue weighted by Gasteiger charge is -2.19. The highest BCUT2D eigenvalue weighted by atomic mass is 16.6. The van der Waals surface area contributed by atoms with Crippen molar-refractivity contribution in [3.63, 3.8) is 0 Å². The molecule has 0 amide bonds. The van der Waals surface area contributed by atoms with Crippen molar-refractivity contribution in [2.24, 2.45) is 0 Å². The van der Waals surface area contributed by atoms with Gasteiger partial charge in [-0.2, -0.15) is 0 Å². The van der Waals surface area contributed by atoms with E-state index in [-0.39, 0.29) is 18.0 Å². The predicted molar refractivity (Wildman–Crippen MR) is 60.9 cm³/mol. The molecule has 0 fully saturated rings. The van der Waals surface area contributed by atoms with Gasteiger partial charge in [-0.1, -0.05) is 0 Å². The smallest absolute Gasteiger partial charge is 0.306 e. The van der Waals surface area contributed by atoms with E-state index >= 15 is 0 Å². The van der Waals surface area contributed by atoms with E-state index in [1.165, 1.54) is 6.92 Å². The molecule has 0 N–H and O–H groups in total. The Hall–Kier alpha value is -1.06. The minimum atomic E-state index is -0.432. The van der Waals surface area contributed by atoms with Gasteiger partial charge in [-0.3, -0.25) is 9.59 Å². The third-order valence-corrected chi connectivity index (χ3v) is 1.78. The Kier molecular flexibility index (Phi) is 6.08. The Bertz CT molecular complexity index is 240. The number of hydrogen-bond donors (Lipinski definition) is 0. The molecule has 0 aromatic heterocycles. The molecule has 0 saturated carbocycles. The average Bonchev–Trinajstić information content (AvgIpc) is 1.98. The normalized spacial score (nSPS) is 13.1. The minimum absolute atomic E-state index is 0.139. The van der Waals surface area contributed by atoms with Crippen LogP contribution in [0, 0.1) is 0 Å². The molecule has 0 aliphatic rings. The first-order chi connectivity index (χ1) is 7.20. The van der Waals surface area contributed by atoms with Gasteiger partial charge in [0.2, 0.25) is 0 Å². The molecule has 0 spiro atoms. The number of esters is 2. The van der Waals surface area contributed by atoms with E-state index in [2.05, 4.69) is 0 Å². The maximum absolute atomic E-state index is 11.3. The van der Waals surface area contributed by atoms with Crippen LogP contribution in [0.3, 0.4) is 0 Å². The summed E-state index contributed by atoms with van der Waals surface area (Å²) in [6.07, 6.45) is 1.57. The maximum atomic E-state index is 11.3. The summed E-state index contributed by atoms with van der Waals surface area (Å²) in [7, 11) is 0. The lowest BCUT2D eigenvalue weighted by Crippen LogP contribution is -2.24. The number of hydrogen-bond acceptors (Lipinski definition) is 4. The highest BCUT2D eigenvalue weighted by Gasteiger charge is 2.16. The number of rotatable bonds is 5. The SMILES string of the molecule is CC(=O)OC(C)CCCC(=O)OC(C)(C)C. The summed E-state index contributed by atoms with van der Waals surface area (Å²) >= 11 is 0. The number of ether oxygens (including phenoxy) is 2. The summed E-state index contributed by atoms with van der Waals surface area (Å²) in [5.74, 6) is -0.493. The van der Waals surface area contributed by atoms with Crippen LogP contribution in [0.5, 0.6) is 0 Å². The highest BCUT2D eigenvalue weighted by molar-refractivity contribution is 5.69. The lowest BCUT2D eigenvalue weighted by atomic mass is 10.1. The molecule has 94 valence electrons. The summed E-state index contributed by atoms with van der Waals surface area (Å²) in [4.78, 5) is 22.0. The van der Waals surface area contributed by atoms with Crippen molar-refractivity contribution >= 4 is 11.9 Å². The summed E-state index contributed by atoms with van der Waals surface area (Å²) < 4.78 is 10.1. The van der Waals surface area contributed by atoms with Crippen molar-refractivity contribution in [2.75, 3.05) is 0 Å². The molecule has 1 atom stereocenters. The lowest BCUT2D eigenvalue weighted by molar-refractivity contribution is -0.155. The van der Waals surface area contributed by atoms with Gasteiger partial charge in [0.25, 0.3) is 0 Å². The fourth-order valence-electron chi connectivity index (χ4n) is 1.27. The fraction of sp³-hybridized carbons (Fsp3) is 0.833. The predicted octanol–water partition coefficient (Wildman–Crippen LogP) is 2.45. The van der Waals surface area contributed by atoms with E-state index < -0.39 is 5.60 Å². The molecule has 0 saturated heterocycles. The van der Waals surface area contributed by atoms with Gasteiger partial charge in [0, 0.05) is 13.3 Å². The van der Waals surface area contributed by atoms with Crippen LogP contribution in [0.25, 0.3) is 0 Å². The molecular formula is C12H22O4. The van der Waals surface area contributed by atoms with Crippen molar-refractivity contribution in [3.8, 4) is 0 Å². The fourth-order valence-corrected chi connectivity index (χ4v) is 1.27. The van der Waals surface area contributed by atoms with Gasteiger partial charge in [0.05, 0.1) is 6.10 Å². The van der Waals surface area contributed by atoms with Crippen LogP contribution in [0.1, 0.15) is 53.9 Å². The van der Waals surface area contributed by atoms with E-state index in [1.54, 1.807) is 0 Å². The molecule has 0 aliphatic heterocycles. The third kappa shape index (κ3) is 9.49. The van der Waals surface area contributed by atoms with Crippen molar-refractivity contribution in [3.05, 3.63) is 0 Å². The second-order valence-corrected chi connectivity index (χ2v) is 4.90. The minimum Gasteiger partial charge on any atom is -0.463 e. The van der Waals surface area contributed by atoms with Crippen LogP contribution >= 0.6 is 0 Å². The summed E-state index contributed by atoms with van der Waals surface area (Å²) in [5.41, 5.74) is -0.432. The Morgan fingerprint density at radius 2 is 1.81 bits per heavy atom. The second-order valence-electron chi connectivity index (χ2n) is 4.90. The van der Waals surface area contributed by atoms with Gasteiger partial charge >= 0.3 is 11.9 Å². The quantitative estimate of drug-likeness (QED) is 0.681. The van der Waals surface area contributed by atoms with Gasteiger partial charge in [0.1, 0.15) is 5.60 Å². The molecule has 4 heteroatoms. The molecule has 0 rings (SSSR count). The van der Waals surface area contributed by atoms with Crippen LogP contribution in [0.15, 0.2) is 0 Å². The van der Waals surface area contributed by atoms with Crippen LogP contribution in [-0.2, 0) is 19.1 Å². The third-order valence-electron chi connectivity index (χ3n) is 1.78. The second kappa shape index (κ2) is 6.51. The van der Waals surface area contributed by atoms with Crippen molar-refractivity contribution in [2.45, 2.75) is 65.6 Å². The topological polar surface area (TPSA) is 52.6 Å². The van der Waals surface area contributed by atoms with Gasteiger partial charge in [-0.15, -0.1) is 0 Å². The first-order valence-corrected chi connectivity index (χ1v) is 5.60. The molecule has 0 aliphatic carbocycles. The molecule has 0 aromatic rings. The van der Waals surface area contributed by atoms with E-state index in [4.69, 9.17) is 9.47 Å². The van der Waals surface area contributed by atoms with Gasteiger partial charge < -0.3 is 9.47 Å². The molecule has 0 radical (unpaired) electrons. The number of carbonyl (C=O) groups is 2. The van der Waals surface area contributed by atoms with Crippen LogP contribution in [0.2, 0.25) is 0 Å². The highest BCUT2D eigenvalue weighted by Crippen LogP contribution is 2.11. The summed E-state index contributed by atoms with van der Waals surface area (Å²) in [6, 6.07) is 0. The van der Waals surface area contributed by atoms with E-state index in [0.29, 0.717) is 19.3 Å². The first-order valence-electron chi connectivity index (χ1n) is 5.60. The van der Waals surface area contributed by atoms with Crippen LogP contribution < -0.4 is 0 Å². The Labute approximate surface area is 97.3 Å². The zero-order valence-electron chi connectivity index (χ0n) is 10.8. The zero-order valence-corrected chi connectivity index (χ0v) is 10.8. The molecule has 16 heavy (non-hydrogen) atoms. The Morgan fingerprint density at radius 3 is 2.25 bits per heavy atom. The van der Waals surface area contributed by atoms with E-state index in [1.807, 2.05) is 27.7 Å². The maximum Gasteiger partial charge on any atom is 0.306 e. The zero-order chi connectivity index (χ0) is 12.8. The van der Waals surface area contributed by atoms with Gasteiger partial charge in [-0.25, -0.2) is 0 Å². The first kappa shape index (κ1) is 14.9. The van der Waals surface area contributed by atoms with Crippen molar-refractivity contribution < 1.29 is 19.1 Å². The summed E-state index contributed by atoms with van der Waals surface area (Å²) in [5, 5.41) is 0. The molecule has 0 bridgehead atoms. The van der Waals surface area contributed by atoms with Gasteiger partial charge in [0.15, 0.2) is 0 Å². The van der Waals surface area contributed by atoms with Gasteiger partial charge in [-0.05, 0) is 40.5 Å². The van der Waals surface area contributed by atoms with E-state index in [0.717, 1.165) is 0 Å². The van der Waals surface area contributed by atoms with Crippen molar-refractivity contribution in [1.29, 1.82) is 0 Å². The van der Waals surface area contributed by atoms with Crippen LogP contribution in [0.4, 0.5) is 0 Å². The van der Waals surface area contributed by atoms with E-state index in [9.17, 15) is 9.59 Å². The Morgan fingerprint density at radius 1 is 1.25 bits per heavy atom. The van der Waals surface area contributed by atoms with Crippen molar-refractivity contribution in [1.82, 2.24) is 0 Å². The molecule has 1 unspecified atom stereocenters. The molecular weight excluding hydrogens is 208 g/mol. The Balaban J connectivity index is 3.66. The number of carbonyl (C=O) groups excluding carboxylic acids is 2. The van der Waals surface area contributed by atoms with Crippen LogP contribution in [-0.4, -0.2) is 23.6 Å². The molecule has 0 aromatic carbocycles. The largest absolute Gasteiger partial charge is 0.463 e. The average molecular weight is 230 g/mol. The molecule has 0 heterocycles. The summed E-state index contributed by atoms with van der Waals surface area (Å²) in [6.45, 7) is 8.71. The monoisotopic (exact) mass is 230 g/mol.